The molecule has 0 radical (unpaired) electrons. The molecule has 1 amide bonds. The van der Waals surface area contributed by atoms with E-state index in [1.54, 1.807) is 6.92 Å². The van der Waals surface area contributed by atoms with E-state index in [-0.39, 0.29) is 11.4 Å². The molecule has 0 aliphatic heterocycles. The van der Waals surface area contributed by atoms with Crippen LogP contribution in [-0.4, -0.2) is 11.7 Å². The van der Waals surface area contributed by atoms with Crippen molar-refractivity contribution < 1.29 is 18.0 Å². The van der Waals surface area contributed by atoms with Crippen LogP contribution in [0.5, 0.6) is 0 Å². The maximum absolute atomic E-state index is 12.6. The third-order valence-electron chi connectivity index (χ3n) is 2.21. The first-order valence-corrected chi connectivity index (χ1v) is 5.57. The molecule has 1 aromatic carbocycles. The molecule has 1 aromatic rings. The number of carbonyl (C=O) groups is 1. The number of benzene rings is 1. The highest BCUT2D eigenvalue weighted by Gasteiger charge is 2.33. The topological polar surface area (TPSA) is 29.1 Å². The summed E-state index contributed by atoms with van der Waals surface area (Å²) < 4.78 is 37.8. The third kappa shape index (κ3) is 3.66. The van der Waals surface area contributed by atoms with E-state index in [1.165, 1.54) is 18.2 Å². The van der Waals surface area contributed by atoms with E-state index in [0.717, 1.165) is 6.07 Å². The summed E-state index contributed by atoms with van der Waals surface area (Å²) in [5.41, 5.74) is -1.07. The molecule has 0 aliphatic carbocycles. The highest BCUT2D eigenvalue weighted by molar-refractivity contribution is 7.80. The maximum Gasteiger partial charge on any atom is 0.418 e. The van der Waals surface area contributed by atoms with E-state index in [2.05, 4.69) is 17.9 Å². The molecule has 0 heterocycles. The van der Waals surface area contributed by atoms with Gasteiger partial charge in [-0.2, -0.15) is 25.8 Å². The molecule has 0 fully saturated rings. The summed E-state index contributed by atoms with van der Waals surface area (Å²) in [6, 6.07) is 4.88. The van der Waals surface area contributed by atoms with Gasteiger partial charge in [0.25, 0.3) is 0 Å². The predicted octanol–water partition coefficient (Wildman–Crippen LogP) is 3.21. The van der Waals surface area contributed by atoms with E-state index >= 15 is 0 Å². The number of thiol groups is 1. The zero-order chi connectivity index (χ0) is 13.1. The van der Waals surface area contributed by atoms with Gasteiger partial charge >= 0.3 is 6.18 Å². The summed E-state index contributed by atoms with van der Waals surface area (Å²) in [7, 11) is 0. The second-order valence-electron chi connectivity index (χ2n) is 3.62. The molecular formula is C11H12F3NOS. The van der Waals surface area contributed by atoms with Gasteiger partial charge in [0.15, 0.2) is 0 Å². The standard InChI is InChI=1S/C11H12F3NOS/c1-7(6-17)10(16)15-9-5-3-2-4-8(9)11(12,13)14/h2-5,7,17H,6H2,1H3,(H,15,16). The van der Waals surface area contributed by atoms with Crippen LogP contribution in [0.1, 0.15) is 12.5 Å². The first-order chi connectivity index (χ1) is 7.86. The number of carbonyl (C=O) groups excluding carboxylic acids is 1. The van der Waals surface area contributed by atoms with Crippen molar-refractivity contribution in [2.75, 3.05) is 11.1 Å². The smallest absolute Gasteiger partial charge is 0.325 e. The van der Waals surface area contributed by atoms with E-state index in [1.807, 2.05) is 0 Å². The number of hydrogen-bond donors (Lipinski definition) is 2. The fourth-order valence-corrected chi connectivity index (χ4v) is 1.34. The van der Waals surface area contributed by atoms with E-state index in [0.29, 0.717) is 0 Å². The van der Waals surface area contributed by atoms with Crippen LogP contribution in [0.4, 0.5) is 18.9 Å². The zero-order valence-corrected chi connectivity index (χ0v) is 9.98. The van der Waals surface area contributed by atoms with Crippen molar-refractivity contribution in [2.24, 2.45) is 5.92 Å². The van der Waals surface area contributed by atoms with Gasteiger partial charge in [-0.25, -0.2) is 0 Å². The Balaban J connectivity index is 2.96. The van der Waals surface area contributed by atoms with Crippen molar-refractivity contribution in [3.05, 3.63) is 29.8 Å². The number of amides is 1. The highest BCUT2D eigenvalue weighted by Crippen LogP contribution is 2.34. The molecule has 2 nitrogen and oxygen atoms in total. The molecular weight excluding hydrogens is 251 g/mol. The Morgan fingerprint density at radius 1 is 1.41 bits per heavy atom. The molecule has 94 valence electrons. The number of para-hydroxylation sites is 1. The highest BCUT2D eigenvalue weighted by atomic mass is 32.1. The maximum atomic E-state index is 12.6. The summed E-state index contributed by atoms with van der Waals surface area (Å²) in [6.07, 6.45) is -4.48. The summed E-state index contributed by atoms with van der Waals surface area (Å²) in [5, 5.41) is 2.26. The van der Waals surface area contributed by atoms with Gasteiger partial charge in [0.2, 0.25) is 5.91 Å². The normalized spacial score (nSPS) is 13.2. The summed E-state index contributed by atoms with van der Waals surface area (Å²) >= 11 is 3.92. The molecule has 0 bridgehead atoms. The number of nitrogens with one attached hydrogen (secondary N) is 1. The Bertz CT molecular complexity index is 406. The van der Waals surface area contributed by atoms with Crippen molar-refractivity contribution in [2.45, 2.75) is 13.1 Å². The lowest BCUT2D eigenvalue weighted by atomic mass is 10.1. The fraction of sp³-hybridized carbons (Fsp3) is 0.364. The van der Waals surface area contributed by atoms with Crippen molar-refractivity contribution >= 4 is 24.2 Å². The Labute approximate surface area is 103 Å². The van der Waals surface area contributed by atoms with Crippen LogP contribution in [0.25, 0.3) is 0 Å². The second kappa shape index (κ2) is 5.44. The number of alkyl halides is 3. The minimum absolute atomic E-state index is 0.223. The molecule has 1 N–H and O–H groups in total. The lowest BCUT2D eigenvalue weighted by molar-refractivity contribution is -0.137. The van der Waals surface area contributed by atoms with Crippen LogP contribution in [-0.2, 0) is 11.0 Å². The van der Waals surface area contributed by atoms with Gasteiger partial charge in [0.1, 0.15) is 0 Å². The quantitative estimate of drug-likeness (QED) is 0.806. The summed E-state index contributed by atoms with van der Waals surface area (Å²) in [6.45, 7) is 1.60. The Morgan fingerprint density at radius 2 is 2.00 bits per heavy atom. The molecule has 0 aliphatic rings. The molecule has 6 heteroatoms. The average molecular weight is 263 g/mol. The average Bonchev–Trinajstić information content (AvgIpc) is 2.27. The minimum atomic E-state index is -4.48. The molecule has 1 rings (SSSR count). The molecule has 17 heavy (non-hydrogen) atoms. The minimum Gasteiger partial charge on any atom is -0.325 e. The van der Waals surface area contributed by atoms with Crippen molar-refractivity contribution in [3.63, 3.8) is 0 Å². The summed E-state index contributed by atoms with van der Waals surface area (Å²) in [4.78, 5) is 11.5. The molecule has 0 aromatic heterocycles. The van der Waals surface area contributed by atoms with Gasteiger partial charge in [-0.3, -0.25) is 4.79 Å². The van der Waals surface area contributed by atoms with E-state index < -0.39 is 23.6 Å². The molecule has 1 atom stereocenters. The van der Waals surface area contributed by atoms with E-state index in [4.69, 9.17) is 0 Å². The SMILES string of the molecule is CC(CS)C(=O)Nc1ccccc1C(F)(F)F. The number of anilines is 1. The second-order valence-corrected chi connectivity index (χ2v) is 3.98. The van der Waals surface area contributed by atoms with Gasteiger partial charge < -0.3 is 5.32 Å². The van der Waals surface area contributed by atoms with Gasteiger partial charge in [-0.05, 0) is 12.1 Å². The van der Waals surface area contributed by atoms with Crippen LogP contribution >= 0.6 is 12.6 Å². The lowest BCUT2D eigenvalue weighted by Crippen LogP contribution is -2.23. The largest absolute Gasteiger partial charge is 0.418 e. The van der Waals surface area contributed by atoms with Gasteiger partial charge in [-0.15, -0.1) is 0 Å². The van der Waals surface area contributed by atoms with Gasteiger partial charge in [0.05, 0.1) is 11.3 Å². The van der Waals surface area contributed by atoms with Crippen LogP contribution in [0.2, 0.25) is 0 Å². The van der Waals surface area contributed by atoms with Crippen molar-refractivity contribution in [1.82, 2.24) is 0 Å². The number of hydrogen-bond acceptors (Lipinski definition) is 2. The fourth-order valence-electron chi connectivity index (χ4n) is 1.18. The molecule has 0 saturated heterocycles. The monoisotopic (exact) mass is 263 g/mol. The first-order valence-electron chi connectivity index (χ1n) is 4.94. The Hall–Kier alpha value is -1.17. The summed E-state index contributed by atoms with van der Waals surface area (Å²) in [5.74, 6) is -0.642. The third-order valence-corrected chi connectivity index (χ3v) is 2.76. The Morgan fingerprint density at radius 3 is 2.53 bits per heavy atom. The van der Waals surface area contributed by atoms with Crippen LogP contribution in [0.3, 0.4) is 0 Å². The van der Waals surface area contributed by atoms with Crippen LogP contribution < -0.4 is 5.32 Å². The Kier molecular flexibility index (Phi) is 4.45. The number of halogens is 3. The molecule has 1 unspecified atom stereocenters. The van der Waals surface area contributed by atoms with E-state index in [9.17, 15) is 18.0 Å². The molecule has 0 saturated carbocycles. The predicted molar refractivity (Wildman–Crippen MR) is 63.1 cm³/mol. The van der Waals surface area contributed by atoms with Gasteiger partial charge in [0, 0.05) is 11.7 Å². The van der Waals surface area contributed by atoms with Crippen molar-refractivity contribution in [1.29, 1.82) is 0 Å². The van der Waals surface area contributed by atoms with Gasteiger partial charge in [-0.1, -0.05) is 19.1 Å². The zero-order valence-electron chi connectivity index (χ0n) is 9.08. The lowest BCUT2D eigenvalue weighted by Gasteiger charge is -2.15. The first kappa shape index (κ1) is 13.9. The molecule has 0 spiro atoms. The van der Waals surface area contributed by atoms with Crippen molar-refractivity contribution in [3.8, 4) is 0 Å². The number of rotatable bonds is 3. The van der Waals surface area contributed by atoms with Crippen LogP contribution in [0, 0.1) is 5.92 Å². The van der Waals surface area contributed by atoms with Crippen LogP contribution in [0.15, 0.2) is 24.3 Å².